The summed E-state index contributed by atoms with van der Waals surface area (Å²) in [5.41, 5.74) is 5.46. The molecule has 0 spiro atoms. The third kappa shape index (κ3) is 4.69. The minimum atomic E-state index is 0.0217. The molecule has 3 aromatic carbocycles. The van der Waals surface area contributed by atoms with Gasteiger partial charge in [0.15, 0.2) is 5.16 Å². The van der Waals surface area contributed by atoms with Crippen molar-refractivity contribution in [3.05, 3.63) is 90.0 Å². The van der Waals surface area contributed by atoms with Gasteiger partial charge >= 0.3 is 0 Å². The van der Waals surface area contributed by atoms with Crippen molar-refractivity contribution in [2.75, 3.05) is 12.3 Å². The monoisotopic (exact) mass is 401 g/mol. The number of nitrogens with zero attached hydrogens (tertiary/aromatic N) is 2. The van der Waals surface area contributed by atoms with E-state index in [1.807, 2.05) is 36.4 Å². The lowest BCUT2D eigenvalue weighted by Gasteiger charge is -2.10. The lowest BCUT2D eigenvalue weighted by Crippen LogP contribution is -2.27. The molecule has 0 fully saturated rings. The van der Waals surface area contributed by atoms with E-state index in [4.69, 9.17) is 4.98 Å². The Hall–Kier alpha value is -3.05. The van der Waals surface area contributed by atoms with E-state index in [2.05, 4.69) is 59.3 Å². The molecule has 0 aliphatic heterocycles. The number of amides is 1. The van der Waals surface area contributed by atoms with E-state index >= 15 is 0 Å². The first-order valence-corrected chi connectivity index (χ1v) is 10.7. The zero-order valence-electron chi connectivity index (χ0n) is 16.3. The van der Waals surface area contributed by atoms with Crippen molar-refractivity contribution in [1.29, 1.82) is 0 Å². The zero-order chi connectivity index (χ0) is 20.1. The van der Waals surface area contributed by atoms with Crippen molar-refractivity contribution < 1.29 is 4.79 Å². The van der Waals surface area contributed by atoms with E-state index in [-0.39, 0.29) is 5.91 Å². The Bertz CT molecular complexity index is 1100. The van der Waals surface area contributed by atoms with E-state index in [9.17, 15) is 4.79 Å². The summed E-state index contributed by atoms with van der Waals surface area (Å²) in [4.78, 5) is 17.1. The molecule has 0 bridgehead atoms. The molecule has 0 aliphatic rings. The number of hydrogen-bond acceptors (Lipinski definition) is 3. The molecule has 1 heterocycles. The predicted octanol–water partition coefficient (Wildman–Crippen LogP) is 4.78. The van der Waals surface area contributed by atoms with Gasteiger partial charge in [-0.1, -0.05) is 71.9 Å². The maximum absolute atomic E-state index is 12.3. The highest BCUT2D eigenvalue weighted by atomic mass is 32.2. The number of carbonyl (C=O) groups is 1. The normalized spacial score (nSPS) is 10.9. The highest BCUT2D eigenvalue weighted by Gasteiger charge is 2.14. The van der Waals surface area contributed by atoms with E-state index < -0.39 is 0 Å². The molecule has 29 heavy (non-hydrogen) atoms. The fourth-order valence-corrected chi connectivity index (χ4v) is 4.07. The summed E-state index contributed by atoms with van der Waals surface area (Å²) in [7, 11) is 0. The second-order valence-corrected chi connectivity index (χ2v) is 7.87. The average molecular weight is 402 g/mol. The molecule has 146 valence electrons. The number of carbonyl (C=O) groups excluding carboxylic acids is 1. The topological polar surface area (TPSA) is 46.9 Å². The van der Waals surface area contributed by atoms with E-state index in [1.54, 1.807) is 0 Å². The molecule has 0 aliphatic carbocycles. The molecule has 0 radical (unpaired) electrons. The second-order valence-electron chi connectivity index (χ2n) is 6.93. The summed E-state index contributed by atoms with van der Waals surface area (Å²) in [6.45, 7) is 2.71. The Morgan fingerprint density at radius 2 is 1.69 bits per heavy atom. The quantitative estimate of drug-likeness (QED) is 0.453. The average Bonchev–Trinajstić information content (AvgIpc) is 3.12. The number of aromatic nitrogens is 2. The van der Waals surface area contributed by atoms with E-state index in [1.165, 1.54) is 22.9 Å². The van der Waals surface area contributed by atoms with Crippen LogP contribution in [0.1, 0.15) is 11.1 Å². The van der Waals surface area contributed by atoms with Gasteiger partial charge in [0.25, 0.3) is 0 Å². The van der Waals surface area contributed by atoms with Crippen LogP contribution in [0.5, 0.6) is 0 Å². The van der Waals surface area contributed by atoms with Crippen LogP contribution in [0, 0.1) is 6.92 Å². The first-order chi connectivity index (χ1) is 14.2. The Morgan fingerprint density at radius 1 is 0.966 bits per heavy atom. The summed E-state index contributed by atoms with van der Waals surface area (Å²) in [5.74, 6) is 0.359. The second kappa shape index (κ2) is 8.97. The van der Waals surface area contributed by atoms with Gasteiger partial charge in [0, 0.05) is 12.2 Å². The number of thioether (sulfide) groups is 1. The van der Waals surface area contributed by atoms with Crippen LogP contribution in [0.2, 0.25) is 0 Å². The van der Waals surface area contributed by atoms with Crippen molar-refractivity contribution in [3.8, 4) is 5.69 Å². The van der Waals surface area contributed by atoms with Crippen molar-refractivity contribution in [2.45, 2.75) is 18.5 Å². The first-order valence-electron chi connectivity index (χ1n) is 9.69. The largest absolute Gasteiger partial charge is 0.355 e. The number of imidazole rings is 1. The van der Waals surface area contributed by atoms with Gasteiger partial charge in [-0.05, 0) is 43.2 Å². The Kier molecular flexibility index (Phi) is 5.96. The smallest absolute Gasteiger partial charge is 0.230 e. The molecule has 0 unspecified atom stereocenters. The third-order valence-corrected chi connectivity index (χ3v) is 5.67. The van der Waals surface area contributed by atoms with Crippen LogP contribution >= 0.6 is 11.8 Å². The SMILES string of the molecule is Cc1ccc(-n2c(SCC(=O)NCCc3ccccc3)nc3ccccc32)cc1. The molecular weight excluding hydrogens is 378 g/mol. The van der Waals surface area contributed by atoms with Crippen LogP contribution in [0.4, 0.5) is 0 Å². The number of benzene rings is 3. The van der Waals surface area contributed by atoms with Gasteiger partial charge < -0.3 is 5.32 Å². The summed E-state index contributed by atoms with van der Waals surface area (Å²) >= 11 is 1.47. The van der Waals surface area contributed by atoms with Crippen molar-refractivity contribution in [2.24, 2.45) is 0 Å². The van der Waals surface area contributed by atoms with Crippen molar-refractivity contribution in [1.82, 2.24) is 14.9 Å². The maximum atomic E-state index is 12.3. The number of hydrogen-bond donors (Lipinski definition) is 1. The van der Waals surface area contributed by atoms with Crippen LogP contribution in [0.3, 0.4) is 0 Å². The van der Waals surface area contributed by atoms with Gasteiger partial charge in [-0.2, -0.15) is 0 Å². The van der Waals surface area contributed by atoms with Crippen LogP contribution in [-0.2, 0) is 11.2 Å². The van der Waals surface area contributed by atoms with Gasteiger partial charge in [-0.25, -0.2) is 4.98 Å². The van der Waals surface area contributed by atoms with Gasteiger partial charge in [-0.15, -0.1) is 0 Å². The molecule has 4 rings (SSSR count). The molecule has 1 N–H and O–H groups in total. The van der Waals surface area contributed by atoms with Gasteiger partial charge in [0.05, 0.1) is 16.8 Å². The van der Waals surface area contributed by atoms with E-state index in [0.717, 1.165) is 28.3 Å². The highest BCUT2D eigenvalue weighted by molar-refractivity contribution is 7.99. The summed E-state index contributed by atoms with van der Waals surface area (Å²) in [6, 6.07) is 26.6. The minimum absolute atomic E-state index is 0.0217. The molecule has 0 saturated heterocycles. The fourth-order valence-electron chi connectivity index (χ4n) is 3.22. The molecular formula is C24H23N3OS. The van der Waals surface area contributed by atoms with Crippen LogP contribution in [0.25, 0.3) is 16.7 Å². The zero-order valence-corrected chi connectivity index (χ0v) is 17.2. The molecule has 1 aromatic heterocycles. The number of para-hydroxylation sites is 2. The molecule has 4 aromatic rings. The van der Waals surface area contributed by atoms with Gasteiger partial charge in [0.2, 0.25) is 5.91 Å². The standard InChI is InChI=1S/C24H23N3OS/c1-18-11-13-20(14-12-18)27-22-10-6-5-9-21(22)26-24(27)29-17-23(28)25-16-15-19-7-3-2-4-8-19/h2-14H,15-17H2,1H3,(H,25,28). The number of nitrogens with one attached hydrogen (secondary N) is 1. The Morgan fingerprint density at radius 3 is 2.48 bits per heavy atom. The van der Waals surface area contributed by atoms with E-state index in [0.29, 0.717) is 12.3 Å². The van der Waals surface area contributed by atoms with Crippen LogP contribution < -0.4 is 5.32 Å². The highest BCUT2D eigenvalue weighted by Crippen LogP contribution is 2.28. The molecule has 0 atom stereocenters. The number of aryl methyl sites for hydroxylation is 1. The minimum Gasteiger partial charge on any atom is -0.355 e. The van der Waals surface area contributed by atoms with Crippen molar-refractivity contribution >= 4 is 28.7 Å². The Balaban J connectivity index is 1.45. The molecule has 4 nitrogen and oxygen atoms in total. The molecule has 1 amide bonds. The van der Waals surface area contributed by atoms with Gasteiger partial charge in [0.1, 0.15) is 0 Å². The molecule has 0 saturated carbocycles. The number of fused-ring (bicyclic) bond motifs is 1. The summed E-state index contributed by atoms with van der Waals surface area (Å²) in [6.07, 6.45) is 0.832. The Labute approximate surface area is 175 Å². The van der Waals surface area contributed by atoms with Crippen molar-refractivity contribution in [3.63, 3.8) is 0 Å². The van der Waals surface area contributed by atoms with Crippen LogP contribution in [-0.4, -0.2) is 27.8 Å². The van der Waals surface area contributed by atoms with Gasteiger partial charge in [-0.3, -0.25) is 9.36 Å². The maximum Gasteiger partial charge on any atom is 0.230 e. The lowest BCUT2D eigenvalue weighted by molar-refractivity contribution is -0.118. The number of rotatable bonds is 7. The first kappa shape index (κ1) is 19.3. The summed E-state index contributed by atoms with van der Waals surface area (Å²) < 4.78 is 2.12. The summed E-state index contributed by atoms with van der Waals surface area (Å²) in [5, 5.41) is 3.83. The fraction of sp³-hybridized carbons (Fsp3) is 0.167. The lowest BCUT2D eigenvalue weighted by atomic mass is 10.1. The third-order valence-electron chi connectivity index (χ3n) is 4.73. The predicted molar refractivity (Wildman–Crippen MR) is 120 cm³/mol. The molecule has 5 heteroatoms. The van der Waals surface area contributed by atoms with Crippen LogP contribution in [0.15, 0.2) is 84.0 Å².